The van der Waals surface area contributed by atoms with E-state index in [4.69, 9.17) is 0 Å². The molecule has 1 aliphatic carbocycles. The molecule has 1 aromatic rings. The summed E-state index contributed by atoms with van der Waals surface area (Å²) in [5, 5.41) is 10.4. The van der Waals surface area contributed by atoms with E-state index in [0.29, 0.717) is 5.92 Å². The molecule has 0 aromatic heterocycles. The third kappa shape index (κ3) is 3.05. The van der Waals surface area contributed by atoms with Crippen molar-refractivity contribution in [3.63, 3.8) is 0 Å². The van der Waals surface area contributed by atoms with Gasteiger partial charge in [-0.3, -0.25) is 0 Å². The van der Waals surface area contributed by atoms with Crippen LogP contribution in [0.3, 0.4) is 0 Å². The van der Waals surface area contributed by atoms with Crippen molar-refractivity contribution in [2.24, 2.45) is 5.92 Å². The summed E-state index contributed by atoms with van der Waals surface area (Å²) >= 11 is 0. The average molecular weight is 247 g/mol. The Morgan fingerprint density at radius 2 is 1.94 bits per heavy atom. The van der Waals surface area contributed by atoms with E-state index in [0.717, 1.165) is 13.1 Å². The van der Waals surface area contributed by atoms with Crippen molar-refractivity contribution < 1.29 is 5.11 Å². The van der Waals surface area contributed by atoms with E-state index in [9.17, 15) is 5.11 Å². The van der Waals surface area contributed by atoms with Crippen LogP contribution >= 0.6 is 0 Å². The van der Waals surface area contributed by atoms with Crippen LogP contribution in [0.15, 0.2) is 24.3 Å². The summed E-state index contributed by atoms with van der Waals surface area (Å²) in [6, 6.07) is 8.44. The van der Waals surface area contributed by atoms with Crippen LogP contribution in [0.5, 0.6) is 0 Å². The van der Waals surface area contributed by atoms with E-state index >= 15 is 0 Å². The summed E-state index contributed by atoms with van der Waals surface area (Å²) in [5.41, 5.74) is 2.55. The van der Waals surface area contributed by atoms with Crippen molar-refractivity contribution in [3.8, 4) is 0 Å². The van der Waals surface area contributed by atoms with Gasteiger partial charge in [-0.15, -0.1) is 0 Å². The van der Waals surface area contributed by atoms with Crippen LogP contribution in [0.25, 0.3) is 0 Å². The fourth-order valence-electron chi connectivity index (χ4n) is 3.03. The van der Waals surface area contributed by atoms with Gasteiger partial charge < -0.3 is 10.0 Å². The van der Waals surface area contributed by atoms with Crippen LogP contribution in [-0.2, 0) is 0 Å². The Hall–Kier alpha value is -1.02. The zero-order valence-corrected chi connectivity index (χ0v) is 11.6. The normalized spacial score (nSPS) is 17.9. The lowest BCUT2D eigenvalue weighted by Gasteiger charge is -2.29. The number of para-hydroxylation sites is 1. The van der Waals surface area contributed by atoms with Gasteiger partial charge in [-0.1, -0.05) is 31.0 Å². The van der Waals surface area contributed by atoms with E-state index in [1.54, 1.807) is 0 Å². The van der Waals surface area contributed by atoms with Crippen molar-refractivity contribution in [2.75, 3.05) is 18.0 Å². The zero-order valence-electron chi connectivity index (χ0n) is 11.6. The first-order chi connectivity index (χ1) is 8.72. The summed E-state index contributed by atoms with van der Waals surface area (Å²) in [4.78, 5) is 2.30. The minimum absolute atomic E-state index is 0.174. The Bertz CT molecular complexity index is 371. The van der Waals surface area contributed by atoms with Crippen molar-refractivity contribution in [3.05, 3.63) is 29.8 Å². The monoisotopic (exact) mass is 247 g/mol. The Balaban J connectivity index is 2.02. The lowest BCUT2D eigenvalue weighted by molar-refractivity contribution is 0.116. The molecule has 1 saturated carbocycles. The van der Waals surface area contributed by atoms with Gasteiger partial charge in [0.05, 0.1) is 6.10 Å². The Kier molecular flexibility index (Phi) is 4.65. The number of aliphatic hydroxyl groups excluding tert-OH is 1. The standard InChI is InChI=1S/C16H25NO/c1-3-17(15-11-7-4-8-13(15)2)12-16(18)14-9-5-6-10-14/h4,7-8,11,14,16,18H,3,5-6,9-10,12H2,1-2H3. The second-order valence-corrected chi connectivity index (χ2v) is 5.44. The molecule has 0 radical (unpaired) electrons. The second kappa shape index (κ2) is 6.24. The highest BCUT2D eigenvalue weighted by Crippen LogP contribution is 2.29. The van der Waals surface area contributed by atoms with Gasteiger partial charge in [-0.25, -0.2) is 0 Å². The number of benzene rings is 1. The first-order valence-electron chi connectivity index (χ1n) is 7.21. The molecule has 1 fully saturated rings. The lowest BCUT2D eigenvalue weighted by Crippen LogP contribution is -2.36. The molecule has 0 bridgehead atoms. The Labute approximate surface area is 111 Å². The molecule has 1 N–H and O–H groups in total. The van der Waals surface area contributed by atoms with Gasteiger partial charge >= 0.3 is 0 Å². The number of aryl methyl sites for hydroxylation is 1. The maximum Gasteiger partial charge on any atom is 0.0743 e. The number of rotatable bonds is 5. The predicted molar refractivity (Wildman–Crippen MR) is 77.0 cm³/mol. The highest BCUT2D eigenvalue weighted by Gasteiger charge is 2.24. The molecule has 0 aliphatic heterocycles. The Morgan fingerprint density at radius 3 is 2.56 bits per heavy atom. The maximum atomic E-state index is 10.4. The highest BCUT2D eigenvalue weighted by molar-refractivity contribution is 5.52. The fraction of sp³-hybridized carbons (Fsp3) is 0.625. The van der Waals surface area contributed by atoms with E-state index in [2.05, 4.69) is 43.0 Å². The zero-order chi connectivity index (χ0) is 13.0. The molecule has 0 saturated heterocycles. The van der Waals surface area contributed by atoms with Crippen LogP contribution in [0.4, 0.5) is 5.69 Å². The van der Waals surface area contributed by atoms with Gasteiger partial charge in [0.2, 0.25) is 0 Å². The highest BCUT2D eigenvalue weighted by atomic mass is 16.3. The number of anilines is 1. The molecule has 1 atom stereocenters. The molecule has 2 nitrogen and oxygen atoms in total. The minimum Gasteiger partial charge on any atom is -0.391 e. The SMILES string of the molecule is CCN(CC(O)C1CCCC1)c1ccccc1C. The number of aliphatic hydroxyl groups is 1. The minimum atomic E-state index is -0.174. The van der Waals surface area contributed by atoms with Crippen molar-refractivity contribution in [1.29, 1.82) is 0 Å². The lowest BCUT2D eigenvalue weighted by atomic mass is 10.00. The fourth-order valence-corrected chi connectivity index (χ4v) is 3.03. The maximum absolute atomic E-state index is 10.4. The predicted octanol–water partition coefficient (Wildman–Crippen LogP) is 3.37. The van der Waals surface area contributed by atoms with Gasteiger partial charge in [0.1, 0.15) is 0 Å². The molecular formula is C16H25NO. The number of nitrogens with zero attached hydrogens (tertiary/aromatic N) is 1. The van der Waals surface area contributed by atoms with Crippen molar-refractivity contribution in [1.82, 2.24) is 0 Å². The molecule has 18 heavy (non-hydrogen) atoms. The molecule has 0 heterocycles. The first kappa shape index (κ1) is 13.4. The van der Waals surface area contributed by atoms with E-state index in [1.807, 2.05) is 0 Å². The van der Waals surface area contributed by atoms with E-state index in [-0.39, 0.29) is 6.10 Å². The molecule has 0 amide bonds. The van der Waals surface area contributed by atoms with Crippen LogP contribution in [0.1, 0.15) is 38.2 Å². The summed E-state index contributed by atoms with van der Waals surface area (Å²) in [5.74, 6) is 0.517. The summed E-state index contributed by atoms with van der Waals surface area (Å²) in [6.45, 7) is 6.02. The van der Waals surface area contributed by atoms with Gasteiger partial charge in [-0.05, 0) is 44.2 Å². The summed E-state index contributed by atoms with van der Waals surface area (Å²) < 4.78 is 0. The van der Waals surface area contributed by atoms with Crippen LogP contribution in [0, 0.1) is 12.8 Å². The number of likely N-dealkylation sites (N-methyl/N-ethyl adjacent to an activating group) is 1. The van der Waals surface area contributed by atoms with Crippen LogP contribution in [-0.4, -0.2) is 24.3 Å². The topological polar surface area (TPSA) is 23.5 Å². The average Bonchev–Trinajstić information content (AvgIpc) is 2.90. The summed E-state index contributed by atoms with van der Waals surface area (Å²) in [7, 11) is 0. The largest absolute Gasteiger partial charge is 0.391 e. The van der Waals surface area contributed by atoms with E-state index in [1.165, 1.54) is 36.9 Å². The molecule has 0 spiro atoms. The van der Waals surface area contributed by atoms with Gasteiger partial charge in [-0.2, -0.15) is 0 Å². The Morgan fingerprint density at radius 1 is 1.28 bits per heavy atom. The summed E-state index contributed by atoms with van der Waals surface area (Å²) in [6.07, 6.45) is 4.81. The molecule has 1 unspecified atom stereocenters. The third-order valence-corrected chi connectivity index (χ3v) is 4.19. The quantitative estimate of drug-likeness (QED) is 0.862. The molecule has 1 aromatic carbocycles. The van der Waals surface area contributed by atoms with Crippen LogP contribution < -0.4 is 4.90 Å². The third-order valence-electron chi connectivity index (χ3n) is 4.19. The van der Waals surface area contributed by atoms with Gasteiger partial charge in [0.15, 0.2) is 0 Å². The number of hydrogen-bond donors (Lipinski definition) is 1. The van der Waals surface area contributed by atoms with Gasteiger partial charge in [0.25, 0.3) is 0 Å². The van der Waals surface area contributed by atoms with E-state index < -0.39 is 0 Å². The molecule has 2 rings (SSSR count). The molecule has 2 heteroatoms. The van der Waals surface area contributed by atoms with Crippen molar-refractivity contribution in [2.45, 2.75) is 45.6 Å². The van der Waals surface area contributed by atoms with Gasteiger partial charge in [0, 0.05) is 18.8 Å². The number of hydrogen-bond acceptors (Lipinski definition) is 2. The first-order valence-corrected chi connectivity index (χ1v) is 7.21. The van der Waals surface area contributed by atoms with Crippen LogP contribution in [0.2, 0.25) is 0 Å². The molecular weight excluding hydrogens is 222 g/mol. The van der Waals surface area contributed by atoms with Crippen molar-refractivity contribution >= 4 is 5.69 Å². The smallest absolute Gasteiger partial charge is 0.0743 e. The molecule has 1 aliphatic rings. The second-order valence-electron chi connectivity index (χ2n) is 5.44. The molecule has 100 valence electrons.